The zero-order valence-electron chi connectivity index (χ0n) is 14.2. The van der Waals surface area contributed by atoms with Gasteiger partial charge in [0.2, 0.25) is 0 Å². The highest BCUT2D eigenvalue weighted by Gasteiger charge is 2.21. The van der Waals surface area contributed by atoms with E-state index in [1.807, 2.05) is 64.1 Å². The van der Waals surface area contributed by atoms with Gasteiger partial charge in [-0.25, -0.2) is 8.42 Å². The van der Waals surface area contributed by atoms with Crippen molar-refractivity contribution in [3.05, 3.63) is 64.8 Å². The second-order valence-corrected chi connectivity index (χ2v) is 7.78. The second-order valence-electron chi connectivity index (χ2n) is 6.16. The minimum Gasteiger partial charge on any atom is -0.277 e. The van der Waals surface area contributed by atoms with Gasteiger partial charge in [-0.15, -0.1) is 0 Å². The van der Waals surface area contributed by atoms with E-state index < -0.39 is 10.0 Å². The summed E-state index contributed by atoms with van der Waals surface area (Å²) < 4.78 is 28.6. The van der Waals surface area contributed by atoms with Crippen LogP contribution in [0.2, 0.25) is 0 Å². The van der Waals surface area contributed by atoms with Crippen LogP contribution in [0, 0.1) is 27.7 Å². The molecule has 0 radical (unpaired) electrons. The monoisotopic (exact) mass is 340 g/mol. The predicted molar refractivity (Wildman–Crippen MR) is 97.9 cm³/mol. The van der Waals surface area contributed by atoms with Crippen LogP contribution >= 0.6 is 0 Å². The highest BCUT2D eigenvalue weighted by Crippen LogP contribution is 2.27. The fraction of sp³-hybridized carbons (Fsp3) is 0.211. The number of nitrogens with zero attached hydrogens (tertiary/aromatic N) is 1. The summed E-state index contributed by atoms with van der Waals surface area (Å²) in [6, 6.07) is 13.1. The van der Waals surface area contributed by atoms with Gasteiger partial charge < -0.3 is 0 Å². The lowest BCUT2D eigenvalue weighted by Crippen LogP contribution is -2.16. The van der Waals surface area contributed by atoms with Gasteiger partial charge in [0.1, 0.15) is 0 Å². The van der Waals surface area contributed by atoms with Gasteiger partial charge in [-0.3, -0.25) is 9.71 Å². The molecule has 1 N–H and O–H groups in total. The molecule has 0 spiro atoms. The number of hydrogen-bond acceptors (Lipinski definition) is 3. The smallest absolute Gasteiger partial charge is 0.262 e. The lowest BCUT2D eigenvalue weighted by atomic mass is 10.1. The SMILES string of the molecule is Cc1cc(C)c(S(=O)(=O)Nc2cccc3ccc(C)nc23)c(C)c1. The molecule has 124 valence electrons. The van der Waals surface area contributed by atoms with Gasteiger partial charge in [-0.2, -0.15) is 0 Å². The van der Waals surface area contributed by atoms with Crippen LogP contribution in [-0.4, -0.2) is 13.4 Å². The molecule has 3 aromatic rings. The molecule has 0 unspecified atom stereocenters. The summed E-state index contributed by atoms with van der Waals surface area (Å²) in [5, 5.41) is 0.901. The van der Waals surface area contributed by atoms with E-state index in [1.165, 1.54) is 0 Å². The number of aryl methyl sites for hydroxylation is 4. The number of anilines is 1. The van der Waals surface area contributed by atoms with Crippen molar-refractivity contribution in [2.75, 3.05) is 4.72 Å². The molecule has 0 saturated carbocycles. The molecule has 5 heteroatoms. The number of rotatable bonds is 3. The van der Waals surface area contributed by atoms with Gasteiger partial charge in [0.15, 0.2) is 0 Å². The molecule has 4 nitrogen and oxygen atoms in total. The van der Waals surface area contributed by atoms with Crippen molar-refractivity contribution in [2.24, 2.45) is 0 Å². The summed E-state index contributed by atoms with van der Waals surface area (Å²) in [6.07, 6.45) is 0. The fourth-order valence-electron chi connectivity index (χ4n) is 3.11. The Bertz CT molecular complexity index is 1020. The number of pyridine rings is 1. The number of para-hydroxylation sites is 1. The van der Waals surface area contributed by atoms with Gasteiger partial charge in [-0.1, -0.05) is 35.9 Å². The molecule has 0 fully saturated rings. The molecule has 2 aromatic carbocycles. The molecule has 3 rings (SSSR count). The van der Waals surface area contributed by atoms with Crippen molar-refractivity contribution in [3.8, 4) is 0 Å². The first-order chi connectivity index (χ1) is 11.3. The average molecular weight is 340 g/mol. The molecule has 0 bridgehead atoms. The topological polar surface area (TPSA) is 59.1 Å². The fourth-order valence-corrected chi connectivity index (χ4v) is 4.64. The quantitative estimate of drug-likeness (QED) is 0.774. The Balaban J connectivity index is 2.13. The Morgan fingerprint density at radius 3 is 2.25 bits per heavy atom. The lowest BCUT2D eigenvalue weighted by molar-refractivity contribution is 0.600. The van der Waals surface area contributed by atoms with E-state index in [9.17, 15) is 8.42 Å². The zero-order valence-corrected chi connectivity index (χ0v) is 15.0. The van der Waals surface area contributed by atoms with E-state index in [-0.39, 0.29) is 0 Å². The maximum Gasteiger partial charge on any atom is 0.262 e. The maximum absolute atomic E-state index is 12.9. The van der Waals surface area contributed by atoms with E-state index in [0.29, 0.717) is 16.1 Å². The number of hydrogen-bond donors (Lipinski definition) is 1. The third-order valence-electron chi connectivity index (χ3n) is 3.98. The van der Waals surface area contributed by atoms with Crippen molar-refractivity contribution >= 4 is 26.6 Å². The number of sulfonamides is 1. The third-order valence-corrected chi connectivity index (χ3v) is 5.65. The summed E-state index contributed by atoms with van der Waals surface area (Å²) in [6.45, 7) is 7.49. The molecule has 0 saturated heterocycles. The highest BCUT2D eigenvalue weighted by atomic mass is 32.2. The van der Waals surface area contributed by atoms with E-state index in [2.05, 4.69) is 9.71 Å². The van der Waals surface area contributed by atoms with Crippen molar-refractivity contribution in [1.29, 1.82) is 0 Å². The Hall–Kier alpha value is -2.40. The summed E-state index contributed by atoms with van der Waals surface area (Å²) in [5.74, 6) is 0. The van der Waals surface area contributed by atoms with Gasteiger partial charge >= 0.3 is 0 Å². The molecule has 1 heterocycles. The first-order valence-corrected chi connectivity index (χ1v) is 9.23. The lowest BCUT2D eigenvalue weighted by Gasteiger charge is -2.15. The summed E-state index contributed by atoms with van der Waals surface area (Å²) >= 11 is 0. The van der Waals surface area contributed by atoms with Crippen molar-refractivity contribution < 1.29 is 8.42 Å². The van der Waals surface area contributed by atoms with Crippen LogP contribution in [0.4, 0.5) is 5.69 Å². The Labute approximate surface area is 142 Å². The minimum atomic E-state index is -3.69. The summed E-state index contributed by atoms with van der Waals surface area (Å²) in [7, 11) is -3.69. The molecule has 0 atom stereocenters. The normalized spacial score (nSPS) is 11.7. The average Bonchev–Trinajstić information content (AvgIpc) is 2.46. The third kappa shape index (κ3) is 2.99. The molecule has 0 aliphatic carbocycles. The zero-order chi connectivity index (χ0) is 17.5. The first-order valence-electron chi connectivity index (χ1n) is 7.75. The Morgan fingerprint density at radius 2 is 1.58 bits per heavy atom. The number of aromatic nitrogens is 1. The standard InChI is InChI=1S/C19H20N2O2S/c1-12-10-13(2)19(14(3)11-12)24(22,23)21-17-7-5-6-16-9-8-15(4)20-18(16)17/h5-11,21H,1-4H3. The Morgan fingerprint density at radius 1 is 0.917 bits per heavy atom. The molecule has 0 amide bonds. The maximum atomic E-state index is 12.9. The van der Waals surface area contributed by atoms with Crippen LogP contribution in [0.1, 0.15) is 22.4 Å². The highest BCUT2D eigenvalue weighted by molar-refractivity contribution is 7.92. The van der Waals surface area contributed by atoms with E-state index in [1.54, 1.807) is 6.07 Å². The number of fused-ring (bicyclic) bond motifs is 1. The second kappa shape index (κ2) is 5.91. The van der Waals surface area contributed by atoms with Crippen LogP contribution in [0.15, 0.2) is 47.4 Å². The van der Waals surface area contributed by atoms with Crippen molar-refractivity contribution in [3.63, 3.8) is 0 Å². The molecule has 0 aliphatic rings. The molecule has 1 aromatic heterocycles. The molecular formula is C19H20N2O2S. The summed E-state index contributed by atoms with van der Waals surface area (Å²) in [5.41, 5.74) is 4.52. The van der Waals surface area contributed by atoms with Crippen LogP contribution < -0.4 is 4.72 Å². The summed E-state index contributed by atoms with van der Waals surface area (Å²) in [4.78, 5) is 4.82. The van der Waals surface area contributed by atoms with Crippen LogP contribution in [0.3, 0.4) is 0 Å². The largest absolute Gasteiger partial charge is 0.277 e. The van der Waals surface area contributed by atoms with Crippen molar-refractivity contribution in [2.45, 2.75) is 32.6 Å². The molecule has 24 heavy (non-hydrogen) atoms. The number of nitrogens with one attached hydrogen (secondary N) is 1. The van der Waals surface area contributed by atoms with Gasteiger partial charge in [0, 0.05) is 11.1 Å². The van der Waals surface area contributed by atoms with Crippen LogP contribution in [0.5, 0.6) is 0 Å². The van der Waals surface area contributed by atoms with Gasteiger partial charge in [0.25, 0.3) is 10.0 Å². The predicted octanol–water partition coefficient (Wildman–Crippen LogP) is 4.27. The van der Waals surface area contributed by atoms with Crippen molar-refractivity contribution in [1.82, 2.24) is 4.98 Å². The van der Waals surface area contributed by atoms with E-state index in [0.717, 1.165) is 27.8 Å². The first kappa shape index (κ1) is 16.5. The van der Waals surface area contributed by atoms with E-state index >= 15 is 0 Å². The van der Waals surface area contributed by atoms with Gasteiger partial charge in [-0.05, 0) is 51.0 Å². The Kier molecular flexibility index (Phi) is 4.05. The minimum absolute atomic E-state index is 0.331. The van der Waals surface area contributed by atoms with Crippen LogP contribution in [0.25, 0.3) is 10.9 Å². The van der Waals surface area contributed by atoms with Gasteiger partial charge in [0.05, 0.1) is 16.1 Å². The number of benzene rings is 2. The van der Waals surface area contributed by atoms with E-state index in [4.69, 9.17) is 0 Å². The molecular weight excluding hydrogens is 320 g/mol. The molecule has 0 aliphatic heterocycles. The van der Waals surface area contributed by atoms with Crippen LogP contribution in [-0.2, 0) is 10.0 Å².